The molecule has 1 saturated carbocycles. The highest BCUT2D eigenvalue weighted by molar-refractivity contribution is 6.34. The lowest BCUT2D eigenvalue weighted by Gasteiger charge is -2.18. The standard InChI is InChI=1S/C24H28ClN3O3.C2H6/c1-15-4-3-5-16(10-15)13-28-9-8-18(14-28)26-24(30)19-11-20(25)21(12-22(19)31-2)27-23(29)17-6-7-17;1-2/h3-5,10-12,17-18H,6-9,13-14H2,1-2H3,(H,26,30)(H,27,29);1-2H3. The summed E-state index contributed by atoms with van der Waals surface area (Å²) in [4.78, 5) is 27.3. The molecule has 2 N–H and O–H groups in total. The molecule has 6 nitrogen and oxygen atoms in total. The summed E-state index contributed by atoms with van der Waals surface area (Å²) in [5, 5.41) is 6.26. The summed E-state index contributed by atoms with van der Waals surface area (Å²) in [6.45, 7) is 8.70. The largest absolute Gasteiger partial charge is 0.496 e. The van der Waals surface area contributed by atoms with Crippen molar-refractivity contribution in [2.24, 2.45) is 5.92 Å². The Kier molecular flexibility index (Phi) is 8.75. The number of nitrogens with zero attached hydrogens (tertiary/aromatic N) is 1. The van der Waals surface area contributed by atoms with Gasteiger partial charge in [-0.25, -0.2) is 0 Å². The predicted octanol–water partition coefficient (Wildman–Crippen LogP) is 5.04. The Morgan fingerprint density at radius 1 is 1.15 bits per heavy atom. The van der Waals surface area contributed by atoms with Crippen molar-refractivity contribution in [2.75, 3.05) is 25.5 Å². The first kappa shape index (κ1) is 25.1. The van der Waals surface area contributed by atoms with Crippen molar-refractivity contribution in [3.63, 3.8) is 0 Å². The quantitative estimate of drug-likeness (QED) is 0.593. The van der Waals surface area contributed by atoms with Gasteiger partial charge in [0.15, 0.2) is 0 Å². The summed E-state index contributed by atoms with van der Waals surface area (Å²) in [6.07, 6.45) is 2.70. The van der Waals surface area contributed by atoms with Crippen LogP contribution in [-0.2, 0) is 11.3 Å². The van der Waals surface area contributed by atoms with E-state index in [0.717, 1.165) is 38.9 Å². The number of methoxy groups -OCH3 is 1. The summed E-state index contributed by atoms with van der Waals surface area (Å²) in [5.74, 6) is 0.194. The Bertz CT molecular complexity index is 991. The number of likely N-dealkylation sites (tertiary alicyclic amines) is 1. The molecule has 1 heterocycles. The van der Waals surface area contributed by atoms with E-state index in [2.05, 4.69) is 46.7 Å². The third kappa shape index (κ3) is 6.71. The third-order valence-corrected chi connectivity index (χ3v) is 6.15. The summed E-state index contributed by atoms with van der Waals surface area (Å²) in [6, 6.07) is 11.8. The van der Waals surface area contributed by atoms with Crippen molar-refractivity contribution in [1.82, 2.24) is 10.2 Å². The molecule has 0 bridgehead atoms. The Morgan fingerprint density at radius 3 is 2.58 bits per heavy atom. The van der Waals surface area contributed by atoms with Gasteiger partial charge in [0, 0.05) is 37.7 Å². The molecule has 0 radical (unpaired) electrons. The number of halogens is 1. The van der Waals surface area contributed by atoms with Gasteiger partial charge in [0.05, 0.1) is 23.4 Å². The Balaban J connectivity index is 0.00000149. The second-order valence-corrected chi connectivity index (χ2v) is 8.89. The monoisotopic (exact) mass is 471 g/mol. The number of anilines is 1. The lowest BCUT2D eigenvalue weighted by molar-refractivity contribution is -0.117. The number of carbonyl (C=O) groups is 2. The predicted molar refractivity (Wildman–Crippen MR) is 133 cm³/mol. The molecule has 2 amide bonds. The van der Waals surface area contributed by atoms with Crippen molar-refractivity contribution < 1.29 is 14.3 Å². The van der Waals surface area contributed by atoms with E-state index in [1.807, 2.05) is 13.8 Å². The maximum Gasteiger partial charge on any atom is 0.255 e. The first-order valence-corrected chi connectivity index (χ1v) is 12.1. The zero-order valence-electron chi connectivity index (χ0n) is 19.9. The molecule has 2 fully saturated rings. The lowest BCUT2D eigenvalue weighted by Crippen LogP contribution is -2.37. The van der Waals surface area contributed by atoms with Crippen molar-refractivity contribution >= 4 is 29.1 Å². The van der Waals surface area contributed by atoms with Gasteiger partial charge in [0.1, 0.15) is 5.75 Å². The second-order valence-electron chi connectivity index (χ2n) is 8.48. The van der Waals surface area contributed by atoms with E-state index >= 15 is 0 Å². The minimum absolute atomic E-state index is 0.0409. The summed E-state index contributed by atoms with van der Waals surface area (Å²) >= 11 is 6.36. The molecule has 2 aromatic rings. The van der Waals surface area contributed by atoms with Crippen LogP contribution < -0.4 is 15.4 Å². The van der Waals surface area contributed by atoms with Crippen LogP contribution in [0.25, 0.3) is 0 Å². The highest BCUT2D eigenvalue weighted by Gasteiger charge is 2.30. The van der Waals surface area contributed by atoms with Gasteiger partial charge >= 0.3 is 0 Å². The molecular weight excluding hydrogens is 438 g/mol. The fraction of sp³-hybridized carbons (Fsp3) is 0.462. The van der Waals surface area contributed by atoms with Crippen molar-refractivity contribution in [3.8, 4) is 5.75 Å². The van der Waals surface area contributed by atoms with E-state index in [-0.39, 0.29) is 23.8 Å². The summed E-state index contributed by atoms with van der Waals surface area (Å²) in [7, 11) is 1.51. The van der Waals surface area contributed by atoms with Crippen LogP contribution in [0.2, 0.25) is 5.02 Å². The molecule has 2 aliphatic rings. The van der Waals surface area contributed by atoms with Crippen LogP contribution in [0, 0.1) is 12.8 Å². The van der Waals surface area contributed by atoms with E-state index in [1.54, 1.807) is 12.1 Å². The van der Waals surface area contributed by atoms with Gasteiger partial charge < -0.3 is 15.4 Å². The SMILES string of the molecule is CC.COc1cc(NC(=O)C2CC2)c(Cl)cc1C(=O)NC1CCN(Cc2cccc(C)c2)C1. The maximum atomic E-state index is 12.9. The molecule has 33 heavy (non-hydrogen) atoms. The molecule has 1 aliphatic carbocycles. The van der Waals surface area contributed by atoms with Gasteiger partial charge in [-0.05, 0) is 37.8 Å². The van der Waals surface area contributed by atoms with E-state index in [1.165, 1.54) is 18.2 Å². The smallest absolute Gasteiger partial charge is 0.255 e. The number of hydrogen-bond acceptors (Lipinski definition) is 4. The molecular formula is C26H34ClN3O3. The van der Waals surface area contributed by atoms with E-state index < -0.39 is 0 Å². The Morgan fingerprint density at radius 2 is 1.91 bits per heavy atom. The molecule has 1 unspecified atom stereocenters. The molecule has 1 atom stereocenters. The van der Waals surface area contributed by atoms with Crippen LogP contribution in [-0.4, -0.2) is 43.0 Å². The van der Waals surface area contributed by atoms with Crippen LogP contribution in [0.4, 0.5) is 5.69 Å². The second kappa shape index (κ2) is 11.5. The number of benzene rings is 2. The Labute approximate surface area is 201 Å². The number of rotatable bonds is 7. The van der Waals surface area contributed by atoms with Gasteiger partial charge in [-0.2, -0.15) is 0 Å². The van der Waals surface area contributed by atoms with Crippen LogP contribution in [0.3, 0.4) is 0 Å². The normalized spacial score (nSPS) is 17.7. The van der Waals surface area contributed by atoms with Gasteiger partial charge in [-0.15, -0.1) is 0 Å². The van der Waals surface area contributed by atoms with Gasteiger partial charge in [0.2, 0.25) is 5.91 Å². The molecule has 2 aromatic carbocycles. The van der Waals surface area contributed by atoms with Crippen LogP contribution in [0.15, 0.2) is 36.4 Å². The van der Waals surface area contributed by atoms with Crippen LogP contribution in [0.1, 0.15) is 54.6 Å². The number of amides is 2. The van der Waals surface area contributed by atoms with Gasteiger partial charge in [-0.1, -0.05) is 55.3 Å². The van der Waals surface area contributed by atoms with Crippen molar-refractivity contribution in [2.45, 2.75) is 52.6 Å². The zero-order chi connectivity index (χ0) is 24.0. The fourth-order valence-electron chi connectivity index (χ4n) is 4.00. The summed E-state index contributed by atoms with van der Waals surface area (Å²) in [5.41, 5.74) is 3.37. The first-order valence-electron chi connectivity index (χ1n) is 11.7. The van der Waals surface area contributed by atoms with Crippen molar-refractivity contribution in [3.05, 3.63) is 58.1 Å². The van der Waals surface area contributed by atoms with Gasteiger partial charge in [0.25, 0.3) is 5.91 Å². The van der Waals surface area contributed by atoms with Crippen LogP contribution >= 0.6 is 11.6 Å². The zero-order valence-corrected chi connectivity index (χ0v) is 20.7. The molecule has 0 aromatic heterocycles. The number of hydrogen-bond donors (Lipinski definition) is 2. The van der Waals surface area contributed by atoms with Crippen molar-refractivity contribution in [1.29, 1.82) is 0 Å². The van der Waals surface area contributed by atoms with E-state index in [4.69, 9.17) is 16.3 Å². The number of carbonyl (C=O) groups excluding carboxylic acids is 2. The third-order valence-electron chi connectivity index (χ3n) is 5.84. The molecule has 0 spiro atoms. The fourth-order valence-corrected chi connectivity index (χ4v) is 4.21. The highest BCUT2D eigenvalue weighted by Crippen LogP contribution is 2.34. The lowest BCUT2D eigenvalue weighted by atomic mass is 10.1. The number of nitrogens with one attached hydrogen (secondary N) is 2. The number of ether oxygens (including phenoxy) is 1. The molecule has 7 heteroatoms. The average molecular weight is 472 g/mol. The average Bonchev–Trinajstić information content (AvgIpc) is 3.57. The molecule has 4 rings (SSSR count). The molecule has 1 aliphatic heterocycles. The molecule has 178 valence electrons. The topological polar surface area (TPSA) is 70.7 Å². The minimum Gasteiger partial charge on any atom is -0.496 e. The maximum absolute atomic E-state index is 12.9. The minimum atomic E-state index is -0.221. The number of aryl methyl sites for hydroxylation is 1. The van der Waals surface area contributed by atoms with Crippen LogP contribution in [0.5, 0.6) is 5.75 Å². The van der Waals surface area contributed by atoms with Gasteiger partial charge in [-0.3, -0.25) is 14.5 Å². The van der Waals surface area contributed by atoms with E-state index in [0.29, 0.717) is 22.0 Å². The first-order chi connectivity index (χ1) is 15.9. The molecule has 1 saturated heterocycles. The Hall–Kier alpha value is -2.57. The summed E-state index contributed by atoms with van der Waals surface area (Å²) < 4.78 is 5.41. The highest BCUT2D eigenvalue weighted by atomic mass is 35.5. The van der Waals surface area contributed by atoms with E-state index in [9.17, 15) is 9.59 Å².